The number of likely N-dealkylation sites (tertiary alicyclic amines) is 1. The van der Waals surface area contributed by atoms with Crippen LogP contribution in [0.2, 0.25) is 0 Å². The lowest BCUT2D eigenvalue weighted by Crippen LogP contribution is -2.39. The van der Waals surface area contributed by atoms with Gasteiger partial charge >= 0.3 is 12.1 Å². The van der Waals surface area contributed by atoms with Gasteiger partial charge < -0.3 is 14.1 Å². The maximum Gasteiger partial charge on any atom is 0.470 e. The van der Waals surface area contributed by atoms with E-state index in [-0.39, 0.29) is 18.3 Å². The van der Waals surface area contributed by atoms with Crippen LogP contribution in [0.5, 0.6) is 5.75 Å². The van der Waals surface area contributed by atoms with E-state index in [4.69, 9.17) is 9.15 Å². The van der Waals surface area contributed by atoms with E-state index in [1.54, 1.807) is 29.2 Å². The Labute approximate surface area is 160 Å². The van der Waals surface area contributed by atoms with Gasteiger partial charge in [-0.05, 0) is 43.5 Å². The normalized spacial score (nSPS) is 17.6. The Balaban J connectivity index is 1.63. The Bertz CT molecular complexity index is 790. The Morgan fingerprint density at radius 2 is 2.04 bits per heavy atom. The van der Waals surface area contributed by atoms with Crippen molar-refractivity contribution in [3.05, 3.63) is 41.6 Å². The van der Waals surface area contributed by atoms with Crippen LogP contribution >= 0.6 is 0 Å². The first-order valence-corrected chi connectivity index (χ1v) is 9.31. The fourth-order valence-electron chi connectivity index (χ4n) is 3.09. The fraction of sp³-hybridized carbons (Fsp3) is 0.526. The highest BCUT2D eigenvalue weighted by atomic mass is 19.4. The number of hydrogen-bond donors (Lipinski definition) is 0. The van der Waals surface area contributed by atoms with Crippen LogP contribution in [0.4, 0.5) is 13.2 Å². The highest BCUT2D eigenvalue weighted by molar-refractivity contribution is 5.94. The lowest BCUT2D eigenvalue weighted by Gasteiger charge is -2.31. The molecule has 0 bridgehead atoms. The van der Waals surface area contributed by atoms with Crippen molar-refractivity contribution >= 4 is 5.91 Å². The van der Waals surface area contributed by atoms with Gasteiger partial charge in [-0.2, -0.15) is 13.2 Å². The van der Waals surface area contributed by atoms with E-state index < -0.39 is 18.0 Å². The van der Waals surface area contributed by atoms with Crippen LogP contribution < -0.4 is 4.74 Å². The fourth-order valence-corrected chi connectivity index (χ4v) is 3.09. The molecule has 2 aromatic rings. The zero-order valence-electron chi connectivity index (χ0n) is 15.5. The number of carbonyl (C=O) groups excluding carboxylic acids is 1. The molecule has 1 aliphatic rings. The van der Waals surface area contributed by atoms with Crippen LogP contribution in [-0.2, 0) is 6.18 Å². The third kappa shape index (κ3) is 4.82. The molecular formula is C19H22F3N3O3. The van der Waals surface area contributed by atoms with Gasteiger partial charge in [-0.3, -0.25) is 4.79 Å². The van der Waals surface area contributed by atoms with Crippen LogP contribution in [0.25, 0.3) is 0 Å². The first kappa shape index (κ1) is 20.2. The number of halogens is 3. The van der Waals surface area contributed by atoms with E-state index in [0.29, 0.717) is 37.3 Å². The summed E-state index contributed by atoms with van der Waals surface area (Å²) < 4.78 is 48.3. The summed E-state index contributed by atoms with van der Waals surface area (Å²) in [5, 5.41) is 6.60. The van der Waals surface area contributed by atoms with Gasteiger partial charge in [0.2, 0.25) is 5.89 Å². The molecule has 2 heterocycles. The summed E-state index contributed by atoms with van der Waals surface area (Å²) in [7, 11) is 0. The average Bonchev–Trinajstić information content (AvgIpc) is 3.19. The van der Waals surface area contributed by atoms with Crippen molar-refractivity contribution in [1.29, 1.82) is 0 Å². The molecule has 0 spiro atoms. The van der Waals surface area contributed by atoms with Gasteiger partial charge in [0, 0.05) is 18.7 Å². The molecule has 0 radical (unpaired) electrons. The second-order valence-electron chi connectivity index (χ2n) is 6.76. The van der Waals surface area contributed by atoms with Crippen LogP contribution in [-0.4, -0.2) is 40.7 Å². The smallest absolute Gasteiger partial charge is 0.470 e. The number of alkyl halides is 3. The zero-order valence-corrected chi connectivity index (χ0v) is 15.5. The second kappa shape index (κ2) is 8.62. The van der Waals surface area contributed by atoms with E-state index in [1.165, 1.54) is 0 Å². The molecule has 1 aliphatic heterocycles. The Morgan fingerprint density at radius 3 is 2.68 bits per heavy atom. The summed E-state index contributed by atoms with van der Waals surface area (Å²) in [6, 6.07) is 6.89. The summed E-state index contributed by atoms with van der Waals surface area (Å²) in [4.78, 5) is 14.4. The van der Waals surface area contributed by atoms with E-state index in [0.717, 1.165) is 12.8 Å². The summed E-state index contributed by atoms with van der Waals surface area (Å²) >= 11 is 0. The maximum absolute atomic E-state index is 12.8. The van der Waals surface area contributed by atoms with Gasteiger partial charge in [0.15, 0.2) is 0 Å². The highest BCUT2D eigenvalue weighted by Crippen LogP contribution is 2.32. The molecule has 1 fully saturated rings. The number of piperidine rings is 1. The van der Waals surface area contributed by atoms with Crippen molar-refractivity contribution in [2.75, 3.05) is 19.7 Å². The van der Waals surface area contributed by atoms with Gasteiger partial charge in [0.05, 0.1) is 12.5 Å². The van der Waals surface area contributed by atoms with Crippen molar-refractivity contribution in [2.24, 2.45) is 0 Å². The second-order valence-corrected chi connectivity index (χ2v) is 6.76. The van der Waals surface area contributed by atoms with E-state index in [9.17, 15) is 18.0 Å². The number of ether oxygens (including phenoxy) is 1. The van der Waals surface area contributed by atoms with Crippen LogP contribution in [0.1, 0.15) is 60.7 Å². The van der Waals surface area contributed by atoms with E-state index >= 15 is 0 Å². The molecule has 9 heteroatoms. The Kier molecular flexibility index (Phi) is 6.21. The van der Waals surface area contributed by atoms with Crippen molar-refractivity contribution in [1.82, 2.24) is 15.1 Å². The molecule has 152 valence electrons. The molecule has 0 saturated carbocycles. The molecule has 1 saturated heterocycles. The first-order valence-electron chi connectivity index (χ1n) is 9.31. The van der Waals surface area contributed by atoms with Crippen molar-refractivity contribution in [2.45, 2.75) is 44.7 Å². The number of amides is 1. The molecular weight excluding hydrogens is 375 g/mol. The number of nitrogens with zero attached hydrogens (tertiary/aromatic N) is 3. The van der Waals surface area contributed by atoms with Gasteiger partial charge in [0.25, 0.3) is 5.91 Å². The topological polar surface area (TPSA) is 68.5 Å². The highest BCUT2D eigenvalue weighted by Gasteiger charge is 2.39. The molecule has 1 atom stereocenters. The van der Waals surface area contributed by atoms with Crippen LogP contribution in [0.3, 0.4) is 0 Å². The number of unbranched alkanes of at least 4 members (excludes halogenated alkanes) is 1. The third-order valence-corrected chi connectivity index (χ3v) is 4.61. The molecule has 28 heavy (non-hydrogen) atoms. The summed E-state index contributed by atoms with van der Waals surface area (Å²) in [6.07, 6.45) is -1.43. The van der Waals surface area contributed by atoms with Crippen molar-refractivity contribution in [3.63, 3.8) is 0 Å². The van der Waals surface area contributed by atoms with Crippen LogP contribution in [0, 0.1) is 0 Å². The largest absolute Gasteiger partial charge is 0.494 e. The first-order chi connectivity index (χ1) is 13.4. The number of benzene rings is 1. The van der Waals surface area contributed by atoms with E-state index in [2.05, 4.69) is 17.1 Å². The molecule has 6 nitrogen and oxygen atoms in total. The molecule has 1 amide bonds. The Hall–Kier alpha value is -2.58. The molecule has 0 N–H and O–H groups in total. The molecule has 0 unspecified atom stereocenters. The summed E-state index contributed by atoms with van der Waals surface area (Å²) in [5.41, 5.74) is 0.505. The maximum atomic E-state index is 12.8. The lowest BCUT2D eigenvalue weighted by atomic mass is 9.97. The molecule has 1 aromatic carbocycles. The lowest BCUT2D eigenvalue weighted by molar-refractivity contribution is -0.157. The zero-order chi connectivity index (χ0) is 20.1. The Morgan fingerprint density at radius 1 is 1.29 bits per heavy atom. The quantitative estimate of drug-likeness (QED) is 0.681. The van der Waals surface area contributed by atoms with Gasteiger partial charge in [0.1, 0.15) is 5.75 Å². The van der Waals surface area contributed by atoms with Gasteiger partial charge in [-0.25, -0.2) is 0 Å². The number of rotatable bonds is 6. The van der Waals surface area contributed by atoms with Crippen molar-refractivity contribution in [3.8, 4) is 5.75 Å². The summed E-state index contributed by atoms with van der Waals surface area (Å²) in [6.45, 7) is 3.48. The molecule has 3 rings (SSSR count). The number of aromatic nitrogens is 2. The summed E-state index contributed by atoms with van der Waals surface area (Å²) in [5.74, 6) is -1.32. The molecule has 1 aromatic heterocycles. The standard InChI is InChI=1S/C19H22F3N3O3/c1-2-3-11-27-15-8-6-13(7-9-15)17(26)25-10-4-5-14(12-25)16-23-24-18(28-16)19(20,21)22/h6-9,14H,2-5,10-12H2,1H3/t14-/m0/s1. The van der Waals surface area contributed by atoms with Crippen LogP contribution in [0.15, 0.2) is 28.7 Å². The monoisotopic (exact) mass is 397 g/mol. The minimum atomic E-state index is -4.67. The van der Waals surface area contributed by atoms with Gasteiger partial charge in [-0.1, -0.05) is 13.3 Å². The minimum Gasteiger partial charge on any atom is -0.494 e. The number of carbonyl (C=O) groups is 1. The minimum absolute atomic E-state index is 0.0792. The molecule has 0 aliphatic carbocycles. The predicted octanol–water partition coefficient (Wildman–Crippen LogP) is 4.29. The number of hydrogen-bond acceptors (Lipinski definition) is 5. The third-order valence-electron chi connectivity index (χ3n) is 4.61. The predicted molar refractivity (Wildman–Crippen MR) is 94.0 cm³/mol. The van der Waals surface area contributed by atoms with Crippen molar-refractivity contribution < 1.29 is 27.1 Å². The van der Waals surface area contributed by atoms with Gasteiger partial charge in [-0.15, -0.1) is 10.2 Å². The van der Waals surface area contributed by atoms with E-state index in [1.807, 2.05) is 0 Å². The SMILES string of the molecule is CCCCOc1ccc(C(=O)N2CCC[C@H](c3nnc(C(F)(F)F)o3)C2)cc1. The average molecular weight is 397 g/mol.